The van der Waals surface area contributed by atoms with Crippen LogP contribution < -0.4 is 4.74 Å². The molecule has 2 rings (SSSR count). The third-order valence-electron chi connectivity index (χ3n) is 2.80. The summed E-state index contributed by atoms with van der Waals surface area (Å²) in [5.74, 6) is 0.882. The van der Waals surface area contributed by atoms with Crippen LogP contribution in [0, 0.1) is 0 Å². The number of thiazole rings is 1. The van der Waals surface area contributed by atoms with Gasteiger partial charge in [-0.3, -0.25) is 4.79 Å². The molecule has 100 valence electrons. The molecule has 19 heavy (non-hydrogen) atoms. The second-order valence-electron chi connectivity index (χ2n) is 4.20. The van der Waals surface area contributed by atoms with Crippen molar-refractivity contribution in [2.24, 2.45) is 0 Å². The van der Waals surface area contributed by atoms with Gasteiger partial charge in [0, 0.05) is 18.6 Å². The number of methoxy groups -OCH3 is 1. The van der Waals surface area contributed by atoms with Crippen molar-refractivity contribution in [2.45, 2.75) is 13.0 Å². The summed E-state index contributed by atoms with van der Waals surface area (Å²) in [4.78, 5) is 17.9. The molecule has 1 heterocycles. The second-order valence-corrected chi connectivity index (χ2v) is 5.18. The van der Waals surface area contributed by atoms with E-state index in [9.17, 15) is 4.79 Å². The third kappa shape index (κ3) is 3.79. The van der Waals surface area contributed by atoms with E-state index in [1.54, 1.807) is 36.6 Å². The minimum atomic E-state index is 0.0837. The van der Waals surface area contributed by atoms with Crippen molar-refractivity contribution in [3.8, 4) is 5.75 Å². The number of hydrogen-bond acceptors (Lipinski definition) is 4. The Morgan fingerprint density at radius 1 is 1.37 bits per heavy atom. The van der Waals surface area contributed by atoms with Crippen molar-refractivity contribution in [3.05, 3.63) is 46.4 Å². The maximum atomic E-state index is 12.1. The molecule has 0 N–H and O–H groups in total. The Hall–Kier alpha value is -1.88. The first-order valence-corrected chi connectivity index (χ1v) is 6.82. The van der Waals surface area contributed by atoms with Crippen LogP contribution in [-0.2, 0) is 17.8 Å². The normalized spacial score (nSPS) is 10.2. The Balaban J connectivity index is 1.92. The number of aromatic nitrogens is 1. The summed E-state index contributed by atoms with van der Waals surface area (Å²) in [5, 5.41) is 2.86. The van der Waals surface area contributed by atoms with E-state index >= 15 is 0 Å². The Bertz CT molecular complexity index is 523. The summed E-state index contributed by atoms with van der Waals surface area (Å²) >= 11 is 1.56. The maximum Gasteiger partial charge on any atom is 0.227 e. The highest BCUT2D eigenvalue weighted by Gasteiger charge is 2.11. The smallest absolute Gasteiger partial charge is 0.227 e. The van der Waals surface area contributed by atoms with Gasteiger partial charge in [-0.2, -0.15) is 0 Å². The number of rotatable bonds is 5. The van der Waals surface area contributed by atoms with Gasteiger partial charge in [0.25, 0.3) is 0 Å². The highest BCUT2D eigenvalue weighted by molar-refractivity contribution is 7.09. The first-order valence-electron chi connectivity index (χ1n) is 5.94. The molecule has 1 amide bonds. The molecule has 0 saturated carbocycles. The van der Waals surface area contributed by atoms with Crippen LogP contribution in [-0.4, -0.2) is 29.9 Å². The lowest BCUT2D eigenvalue weighted by Gasteiger charge is -2.15. The van der Waals surface area contributed by atoms with Crippen molar-refractivity contribution in [1.29, 1.82) is 0 Å². The summed E-state index contributed by atoms with van der Waals surface area (Å²) < 4.78 is 5.09. The van der Waals surface area contributed by atoms with E-state index < -0.39 is 0 Å². The van der Waals surface area contributed by atoms with Gasteiger partial charge in [0.15, 0.2) is 0 Å². The first-order chi connectivity index (χ1) is 9.19. The molecule has 2 aromatic rings. The van der Waals surface area contributed by atoms with Gasteiger partial charge in [0.1, 0.15) is 10.8 Å². The zero-order valence-corrected chi connectivity index (χ0v) is 11.8. The van der Waals surface area contributed by atoms with E-state index in [0.29, 0.717) is 13.0 Å². The fraction of sp³-hybridized carbons (Fsp3) is 0.286. The highest BCUT2D eigenvalue weighted by atomic mass is 32.1. The SMILES string of the molecule is COc1ccc(CC(=O)N(C)Cc2nccs2)cc1. The van der Waals surface area contributed by atoms with Gasteiger partial charge >= 0.3 is 0 Å². The summed E-state index contributed by atoms with van der Waals surface area (Å²) in [6, 6.07) is 7.55. The summed E-state index contributed by atoms with van der Waals surface area (Å²) in [5.41, 5.74) is 0.983. The molecule has 0 aliphatic rings. The van der Waals surface area contributed by atoms with E-state index in [1.807, 2.05) is 29.6 Å². The van der Waals surface area contributed by atoms with Crippen molar-refractivity contribution >= 4 is 17.2 Å². The highest BCUT2D eigenvalue weighted by Crippen LogP contribution is 2.13. The predicted octanol–water partition coefficient (Wildman–Crippen LogP) is 2.35. The van der Waals surface area contributed by atoms with Crippen LogP contribution in [0.15, 0.2) is 35.8 Å². The number of carbonyl (C=O) groups excluding carboxylic acids is 1. The first kappa shape index (κ1) is 13.5. The monoisotopic (exact) mass is 276 g/mol. The zero-order chi connectivity index (χ0) is 13.7. The van der Waals surface area contributed by atoms with Gasteiger partial charge in [-0.05, 0) is 17.7 Å². The molecule has 0 atom stereocenters. The molecule has 0 spiro atoms. The molecule has 1 aromatic carbocycles. The minimum Gasteiger partial charge on any atom is -0.497 e. The van der Waals surface area contributed by atoms with Crippen LogP contribution in [0.25, 0.3) is 0 Å². The van der Waals surface area contributed by atoms with Gasteiger partial charge in [0.2, 0.25) is 5.91 Å². The van der Waals surface area contributed by atoms with Crippen molar-refractivity contribution in [2.75, 3.05) is 14.2 Å². The van der Waals surface area contributed by atoms with Gasteiger partial charge in [-0.15, -0.1) is 11.3 Å². The fourth-order valence-corrected chi connectivity index (χ4v) is 2.34. The topological polar surface area (TPSA) is 42.4 Å². The number of carbonyl (C=O) groups is 1. The number of ether oxygens (including phenoxy) is 1. The van der Waals surface area contributed by atoms with Crippen molar-refractivity contribution in [3.63, 3.8) is 0 Å². The van der Waals surface area contributed by atoms with E-state index in [4.69, 9.17) is 4.74 Å². The van der Waals surface area contributed by atoms with E-state index in [-0.39, 0.29) is 5.91 Å². The average Bonchev–Trinajstić information content (AvgIpc) is 2.92. The van der Waals surface area contributed by atoms with Crippen LogP contribution in [0.4, 0.5) is 0 Å². The number of benzene rings is 1. The largest absolute Gasteiger partial charge is 0.497 e. The van der Waals surface area contributed by atoms with Crippen LogP contribution in [0.2, 0.25) is 0 Å². The Morgan fingerprint density at radius 2 is 2.11 bits per heavy atom. The van der Waals surface area contributed by atoms with Crippen LogP contribution in [0.1, 0.15) is 10.6 Å². The lowest BCUT2D eigenvalue weighted by Crippen LogP contribution is -2.27. The fourth-order valence-electron chi connectivity index (χ4n) is 1.68. The van der Waals surface area contributed by atoms with E-state index in [0.717, 1.165) is 16.3 Å². The third-order valence-corrected chi connectivity index (χ3v) is 3.56. The summed E-state index contributed by atoms with van der Waals surface area (Å²) in [6.45, 7) is 0.562. The Kier molecular flexibility index (Phi) is 4.52. The number of hydrogen-bond donors (Lipinski definition) is 0. The van der Waals surface area contributed by atoms with E-state index in [1.165, 1.54) is 0 Å². The molecule has 0 saturated heterocycles. The minimum absolute atomic E-state index is 0.0837. The maximum absolute atomic E-state index is 12.1. The molecule has 0 radical (unpaired) electrons. The Labute approximate surface area is 116 Å². The number of amides is 1. The van der Waals surface area contributed by atoms with Crippen molar-refractivity contribution < 1.29 is 9.53 Å². The second kappa shape index (κ2) is 6.33. The summed E-state index contributed by atoms with van der Waals surface area (Å²) in [7, 11) is 3.43. The molecular formula is C14H16N2O2S. The van der Waals surface area contributed by atoms with Gasteiger partial charge < -0.3 is 9.64 Å². The molecule has 0 aliphatic heterocycles. The molecular weight excluding hydrogens is 260 g/mol. The van der Waals surface area contributed by atoms with E-state index in [2.05, 4.69) is 4.98 Å². The predicted molar refractivity (Wildman–Crippen MR) is 75.3 cm³/mol. The Morgan fingerprint density at radius 3 is 2.68 bits per heavy atom. The molecule has 0 unspecified atom stereocenters. The summed E-state index contributed by atoms with van der Waals surface area (Å²) in [6.07, 6.45) is 2.15. The number of likely N-dealkylation sites (N-methyl/N-ethyl adjacent to an activating group) is 1. The van der Waals surface area contributed by atoms with Gasteiger partial charge in [-0.25, -0.2) is 4.98 Å². The molecule has 0 bridgehead atoms. The molecule has 1 aromatic heterocycles. The van der Waals surface area contributed by atoms with Crippen molar-refractivity contribution in [1.82, 2.24) is 9.88 Å². The lowest BCUT2D eigenvalue weighted by molar-refractivity contribution is -0.129. The average molecular weight is 276 g/mol. The van der Waals surface area contributed by atoms with Gasteiger partial charge in [0.05, 0.1) is 20.1 Å². The molecule has 4 nitrogen and oxygen atoms in total. The lowest BCUT2D eigenvalue weighted by atomic mass is 10.1. The number of nitrogens with zero attached hydrogens (tertiary/aromatic N) is 2. The molecule has 0 aliphatic carbocycles. The zero-order valence-electron chi connectivity index (χ0n) is 11.0. The molecule has 5 heteroatoms. The van der Waals surface area contributed by atoms with Crippen LogP contribution in [0.5, 0.6) is 5.75 Å². The van der Waals surface area contributed by atoms with Crippen LogP contribution >= 0.6 is 11.3 Å². The molecule has 0 fully saturated rings. The van der Waals surface area contributed by atoms with Crippen LogP contribution in [0.3, 0.4) is 0 Å². The quantitative estimate of drug-likeness (QED) is 0.842. The van der Waals surface area contributed by atoms with Gasteiger partial charge in [-0.1, -0.05) is 12.1 Å². The standard InChI is InChI=1S/C14H16N2O2S/c1-16(10-13-15-7-8-19-13)14(17)9-11-3-5-12(18-2)6-4-11/h3-8H,9-10H2,1-2H3.